The maximum absolute atomic E-state index is 4.37. The number of aromatic amines is 1. The molecule has 0 bridgehead atoms. The molecule has 0 unspecified atom stereocenters. The molecule has 0 spiro atoms. The lowest BCUT2D eigenvalue weighted by molar-refractivity contribution is 0.505. The molecule has 0 amide bonds. The Hall–Kier alpha value is -1.38. The second-order valence-corrected chi connectivity index (χ2v) is 4.68. The minimum Gasteiger partial charge on any atom is -0.280 e. The molecule has 0 aliphatic carbocycles. The summed E-state index contributed by atoms with van der Waals surface area (Å²) in [6.07, 6.45) is 3.04. The van der Waals surface area contributed by atoms with E-state index < -0.39 is 0 Å². The lowest BCUT2D eigenvalue weighted by atomic mass is 9.83. The van der Waals surface area contributed by atoms with Gasteiger partial charge < -0.3 is 0 Å². The highest BCUT2D eigenvalue weighted by molar-refractivity contribution is 5.78. The number of nitrogens with zero attached hydrogens (tertiary/aromatic N) is 2. The van der Waals surface area contributed by atoms with Crippen LogP contribution >= 0.6 is 0 Å². The summed E-state index contributed by atoms with van der Waals surface area (Å²) in [6.45, 7) is 8.71. The second kappa shape index (κ2) is 3.33. The smallest absolute Gasteiger partial charge is 0.181 e. The molecule has 2 aromatic heterocycles. The van der Waals surface area contributed by atoms with Gasteiger partial charge in [-0.3, -0.25) is 5.10 Å². The fraction of sp³-hybridized carbons (Fsp3) is 0.500. The van der Waals surface area contributed by atoms with Crippen LogP contribution in [0, 0.1) is 6.92 Å². The van der Waals surface area contributed by atoms with E-state index in [0.29, 0.717) is 0 Å². The van der Waals surface area contributed by atoms with Crippen molar-refractivity contribution in [3.63, 3.8) is 0 Å². The molecular weight excluding hydrogens is 186 g/mol. The topological polar surface area (TPSA) is 41.6 Å². The van der Waals surface area contributed by atoms with Gasteiger partial charge in [0.2, 0.25) is 0 Å². The van der Waals surface area contributed by atoms with E-state index in [1.165, 1.54) is 5.56 Å². The first-order chi connectivity index (χ1) is 7.04. The number of aryl methyl sites for hydroxylation is 1. The van der Waals surface area contributed by atoms with Gasteiger partial charge in [0.15, 0.2) is 5.65 Å². The Morgan fingerprint density at radius 2 is 2.13 bits per heavy atom. The molecular formula is C12H17N3. The Labute approximate surface area is 89.9 Å². The number of fused-ring (bicyclic) bond motifs is 1. The van der Waals surface area contributed by atoms with Crippen LogP contribution in [-0.2, 0) is 5.41 Å². The SMILES string of the molecule is CCC(C)(C)c1cnc2n[nH]c(C)c2c1. The van der Waals surface area contributed by atoms with Crippen LogP contribution in [0.25, 0.3) is 11.0 Å². The fourth-order valence-corrected chi connectivity index (χ4v) is 1.59. The molecule has 0 fully saturated rings. The third-order valence-electron chi connectivity index (χ3n) is 3.27. The summed E-state index contributed by atoms with van der Waals surface area (Å²) >= 11 is 0. The number of aromatic nitrogens is 3. The molecule has 0 saturated heterocycles. The number of rotatable bonds is 2. The van der Waals surface area contributed by atoms with E-state index >= 15 is 0 Å². The van der Waals surface area contributed by atoms with Crippen molar-refractivity contribution >= 4 is 11.0 Å². The minimum absolute atomic E-state index is 0.185. The van der Waals surface area contributed by atoms with Crippen LogP contribution in [0.4, 0.5) is 0 Å². The van der Waals surface area contributed by atoms with E-state index in [0.717, 1.165) is 23.1 Å². The first-order valence-corrected chi connectivity index (χ1v) is 5.36. The predicted molar refractivity (Wildman–Crippen MR) is 61.9 cm³/mol. The molecule has 0 aliphatic heterocycles. The van der Waals surface area contributed by atoms with Gasteiger partial charge in [-0.25, -0.2) is 4.98 Å². The van der Waals surface area contributed by atoms with Gasteiger partial charge in [-0.1, -0.05) is 20.8 Å². The van der Waals surface area contributed by atoms with Crippen LogP contribution in [0.2, 0.25) is 0 Å². The molecule has 2 rings (SSSR count). The molecule has 0 radical (unpaired) electrons. The van der Waals surface area contributed by atoms with Crippen molar-refractivity contribution in [3.05, 3.63) is 23.5 Å². The zero-order chi connectivity index (χ0) is 11.1. The largest absolute Gasteiger partial charge is 0.280 e. The Kier molecular flexibility index (Phi) is 2.25. The quantitative estimate of drug-likeness (QED) is 0.815. The van der Waals surface area contributed by atoms with E-state index in [-0.39, 0.29) is 5.41 Å². The molecule has 1 N–H and O–H groups in total. The molecule has 0 saturated carbocycles. The van der Waals surface area contributed by atoms with Crippen LogP contribution in [0.3, 0.4) is 0 Å². The lowest BCUT2D eigenvalue weighted by Crippen LogP contribution is -2.15. The highest BCUT2D eigenvalue weighted by Crippen LogP contribution is 2.28. The van der Waals surface area contributed by atoms with Crippen molar-refractivity contribution in [2.45, 2.75) is 39.5 Å². The Morgan fingerprint density at radius 3 is 2.80 bits per heavy atom. The average molecular weight is 203 g/mol. The zero-order valence-electron chi connectivity index (χ0n) is 9.76. The van der Waals surface area contributed by atoms with E-state index in [9.17, 15) is 0 Å². The van der Waals surface area contributed by atoms with Crippen molar-refractivity contribution < 1.29 is 0 Å². The molecule has 3 heteroatoms. The number of hydrogen-bond acceptors (Lipinski definition) is 2. The monoisotopic (exact) mass is 203 g/mol. The van der Waals surface area contributed by atoms with Gasteiger partial charge in [0.25, 0.3) is 0 Å². The third kappa shape index (κ3) is 1.62. The number of H-pyrrole nitrogens is 1. The molecule has 2 aromatic rings. The summed E-state index contributed by atoms with van der Waals surface area (Å²) in [5.74, 6) is 0. The summed E-state index contributed by atoms with van der Waals surface area (Å²) in [5, 5.41) is 8.23. The van der Waals surface area contributed by atoms with Crippen LogP contribution in [0.15, 0.2) is 12.3 Å². The highest BCUT2D eigenvalue weighted by atomic mass is 15.1. The van der Waals surface area contributed by atoms with E-state index in [1.807, 2.05) is 13.1 Å². The van der Waals surface area contributed by atoms with Gasteiger partial charge in [0.05, 0.1) is 0 Å². The molecule has 3 nitrogen and oxygen atoms in total. The lowest BCUT2D eigenvalue weighted by Gasteiger charge is -2.22. The van der Waals surface area contributed by atoms with Crippen molar-refractivity contribution in [2.24, 2.45) is 0 Å². The van der Waals surface area contributed by atoms with Gasteiger partial charge in [-0.15, -0.1) is 0 Å². The van der Waals surface area contributed by atoms with E-state index in [2.05, 4.69) is 42.0 Å². The summed E-state index contributed by atoms with van der Waals surface area (Å²) in [4.78, 5) is 4.37. The minimum atomic E-state index is 0.185. The van der Waals surface area contributed by atoms with Crippen LogP contribution in [-0.4, -0.2) is 15.2 Å². The zero-order valence-corrected chi connectivity index (χ0v) is 9.76. The Balaban J connectivity index is 2.59. The van der Waals surface area contributed by atoms with Crippen LogP contribution in [0.5, 0.6) is 0 Å². The maximum atomic E-state index is 4.37. The standard InChI is InChI=1S/C12H17N3/c1-5-12(3,4)9-6-10-8(2)14-15-11(10)13-7-9/h6-7H,5H2,1-4H3,(H,13,14,15). The molecule has 0 aromatic carbocycles. The van der Waals surface area contributed by atoms with Crippen LogP contribution in [0.1, 0.15) is 38.4 Å². The van der Waals surface area contributed by atoms with E-state index in [4.69, 9.17) is 0 Å². The van der Waals surface area contributed by atoms with Gasteiger partial charge in [0, 0.05) is 17.3 Å². The van der Waals surface area contributed by atoms with Crippen molar-refractivity contribution in [2.75, 3.05) is 0 Å². The summed E-state index contributed by atoms with van der Waals surface area (Å²) < 4.78 is 0. The maximum Gasteiger partial charge on any atom is 0.181 e. The number of pyridine rings is 1. The summed E-state index contributed by atoms with van der Waals surface area (Å²) in [5.41, 5.74) is 3.36. The number of hydrogen-bond donors (Lipinski definition) is 1. The third-order valence-corrected chi connectivity index (χ3v) is 3.27. The Morgan fingerprint density at radius 1 is 1.40 bits per heavy atom. The van der Waals surface area contributed by atoms with Gasteiger partial charge in [0.1, 0.15) is 0 Å². The second-order valence-electron chi connectivity index (χ2n) is 4.68. The van der Waals surface area contributed by atoms with Crippen molar-refractivity contribution in [3.8, 4) is 0 Å². The van der Waals surface area contributed by atoms with Gasteiger partial charge >= 0.3 is 0 Å². The molecule has 2 heterocycles. The molecule has 15 heavy (non-hydrogen) atoms. The fourth-order valence-electron chi connectivity index (χ4n) is 1.59. The molecule has 80 valence electrons. The summed E-state index contributed by atoms with van der Waals surface area (Å²) in [6, 6.07) is 2.20. The van der Waals surface area contributed by atoms with Crippen LogP contribution < -0.4 is 0 Å². The number of nitrogens with one attached hydrogen (secondary N) is 1. The normalized spacial score (nSPS) is 12.3. The Bertz CT molecular complexity index is 483. The first-order valence-electron chi connectivity index (χ1n) is 5.36. The predicted octanol–water partition coefficient (Wildman–Crippen LogP) is 2.95. The first kappa shape index (κ1) is 10.1. The van der Waals surface area contributed by atoms with Gasteiger partial charge in [-0.05, 0) is 30.4 Å². The van der Waals surface area contributed by atoms with Crippen molar-refractivity contribution in [1.82, 2.24) is 15.2 Å². The van der Waals surface area contributed by atoms with Crippen molar-refractivity contribution in [1.29, 1.82) is 0 Å². The summed E-state index contributed by atoms with van der Waals surface area (Å²) in [7, 11) is 0. The molecule has 0 atom stereocenters. The van der Waals surface area contributed by atoms with E-state index in [1.54, 1.807) is 0 Å². The highest BCUT2D eigenvalue weighted by Gasteiger charge is 2.19. The molecule has 0 aliphatic rings. The van der Waals surface area contributed by atoms with Gasteiger partial charge in [-0.2, -0.15) is 5.10 Å². The average Bonchev–Trinajstić information content (AvgIpc) is 2.60.